The molecule has 1 saturated carbocycles. The predicted molar refractivity (Wildman–Crippen MR) is 60.4 cm³/mol. The standard InChI is InChI=1S/C12H24N2/c1-10(2)12-7-11(8-12)9-14-5-3-13-4-6-14/h10-13H,3-9H2,1-2H3/t11-,12-. The molecule has 2 heteroatoms. The number of hydrogen-bond donors (Lipinski definition) is 1. The average molecular weight is 196 g/mol. The average Bonchev–Trinajstić information content (AvgIpc) is 2.12. The van der Waals surface area contributed by atoms with Gasteiger partial charge >= 0.3 is 0 Å². The van der Waals surface area contributed by atoms with Crippen LogP contribution >= 0.6 is 0 Å². The maximum Gasteiger partial charge on any atom is 0.0107 e. The Balaban J connectivity index is 1.63. The summed E-state index contributed by atoms with van der Waals surface area (Å²) in [6, 6.07) is 0. The van der Waals surface area contributed by atoms with E-state index in [9.17, 15) is 0 Å². The molecular weight excluding hydrogens is 172 g/mol. The van der Waals surface area contributed by atoms with E-state index in [1.165, 1.54) is 45.6 Å². The summed E-state index contributed by atoms with van der Waals surface area (Å²) in [5.41, 5.74) is 0. The van der Waals surface area contributed by atoms with E-state index >= 15 is 0 Å². The SMILES string of the molecule is CC(C)[C@H]1C[C@H](CN2CCNCC2)C1. The number of piperazine rings is 1. The van der Waals surface area contributed by atoms with Crippen molar-refractivity contribution in [3.63, 3.8) is 0 Å². The Morgan fingerprint density at radius 2 is 1.86 bits per heavy atom. The van der Waals surface area contributed by atoms with Crippen molar-refractivity contribution in [2.45, 2.75) is 26.7 Å². The van der Waals surface area contributed by atoms with Crippen LogP contribution in [0.4, 0.5) is 0 Å². The lowest BCUT2D eigenvalue weighted by Crippen LogP contribution is -2.47. The van der Waals surface area contributed by atoms with Crippen LogP contribution in [0.5, 0.6) is 0 Å². The van der Waals surface area contributed by atoms with Crippen LogP contribution in [0.1, 0.15) is 26.7 Å². The Hall–Kier alpha value is -0.0800. The first kappa shape index (κ1) is 10.4. The first-order valence-corrected chi connectivity index (χ1v) is 6.19. The van der Waals surface area contributed by atoms with Crippen LogP contribution < -0.4 is 5.32 Å². The largest absolute Gasteiger partial charge is 0.314 e. The molecule has 1 saturated heterocycles. The van der Waals surface area contributed by atoms with E-state index in [0.29, 0.717) is 0 Å². The molecule has 0 aromatic carbocycles. The first-order valence-electron chi connectivity index (χ1n) is 6.19. The van der Waals surface area contributed by atoms with Crippen molar-refractivity contribution in [1.29, 1.82) is 0 Å². The zero-order valence-electron chi connectivity index (χ0n) is 9.63. The van der Waals surface area contributed by atoms with Gasteiger partial charge in [0.25, 0.3) is 0 Å². The van der Waals surface area contributed by atoms with Crippen molar-refractivity contribution in [2.75, 3.05) is 32.7 Å². The molecule has 2 rings (SSSR count). The van der Waals surface area contributed by atoms with E-state index in [1.807, 2.05) is 0 Å². The van der Waals surface area contributed by atoms with Crippen molar-refractivity contribution < 1.29 is 0 Å². The molecular formula is C12H24N2. The molecule has 1 aliphatic heterocycles. The fourth-order valence-corrected chi connectivity index (χ4v) is 2.74. The zero-order valence-corrected chi connectivity index (χ0v) is 9.63. The van der Waals surface area contributed by atoms with Crippen LogP contribution in [-0.2, 0) is 0 Å². The van der Waals surface area contributed by atoms with Gasteiger partial charge in [0.15, 0.2) is 0 Å². The molecule has 0 aromatic rings. The number of hydrogen-bond acceptors (Lipinski definition) is 2. The fraction of sp³-hybridized carbons (Fsp3) is 1.00. The second-order valence-corrected chi connectivity index (χ2v) is 5.39. The Labute approximate surface area is 88.1 Å². The van der Waals surface area contributed by atoms with Crippen molar-refractivity contribution in [3.05, 3.63) is 0 Å². The van der Waals surface area contributed by atoms with Crippen LogP contribution in [0.2, 0.25) is 0 Å². The summed E-state index contributed by atoms with van der Waals surface area (Å²) in [4.78, 5) is 2.64. The zero-order chi connectivity index (χ0) is 9.97. The predicted octanol–water partition coefficient (Wildman–Crippen LogP) is 1.57. The molecule has 1 aliphatic carbocycles. The van der Waals surface area contributed by atoms with Crippen LogP contribution in [0, 0.1) is 17.8 Å². The van der Waals surface area contributed by atoms with Gasteiger partial charge in [-0.2, -0.15) is 0 Å². The molecule has 2 aliphatic rings. The maximum absolute atomic E-state index is 3.41. The molecule has 82 valence electrons. The van der Waals surface area contributed by atoms with Gasteiger partial charge < -0.3 is 10.2 Å². The first-order chi connectivity index (χ1) is 6.75. The van der Waals surface area contributed by atoms with Gasteiger partial charge in [-0.15, -0.1) is 0 Å². The highest BCUT2D eigenvalue weighted by Gasteiger charge is 2.32. The Kier molecular flexibility index (Phi) is 3.45. The molecule has 0 atom stereocenters. The molecule has 1 heterocycles. The summed E-state index contributed by atoms with van der Waals surface area (Å²) in [5, 5.41) is 3.41. The van der Waals surface area contributed by atoms with Gasteiger partial charge in [0.1, 0.15) is 0 Å². The summed E-state index contributed by atoms with van der Waals surface area (Å²) in [6.45, 7) is 11.0. The molecule has 0 amide bonds. The van der Waals surface area contributed by atoms with Crippen molar-refractivity contribution in [2.24, 2.45) is 17.8 Å². The summed E-state index contributed by atoms with van der Waals surface area (Å²) in [5.74, 6) is 2.96. The van der Waals surface area contributed by atoms with Gasteiger partial charge in [-0.1, -0.05) is 13.8 Å². The summed E-state index contributed by atoms with van der Waals surface area (Å²) in [6.07, 6.45) is 2.98. The van der Waals surface area contributed by atoms with Crippen LogP contribution in [0.15, 0.2) is 0 Å². The lowest BCUT2D eigenvalue weighted by molar-refractivity contribution is 0.0896. The third-order valence-electron chi connectivity index (χ3n) is 3.94. The minimum atomic E-state index is 0.911. The minimum absolute atomic E-state index is 0.911. The molecule has 2 fully saturated rings. The Bertz CT molecular complexity index is 167. The van der Waals surface area contributed by atoms with Crippen molar-refractivity contribution in [1.82, 2.24) is 10.2 Å². The van der Waals surface area contributed by atoms with E-state index in [1.54, 1.807) is 0 Å². The second-order valence-electron chi connectivity index (χ2n) is 5.39. The van der Waals surface area contributed by atoms with E-state index in [4.69, 9.17) is 0 Å². The van der Waals surface area contributed by atoms with E-state index in [2.05, 4.69) is 24.1 Å². The molecule has 2 nitrogen and oxygen atoms in total. The van der Waals surface area contributed by atoms with Crippen LogP contribution in [-0.4, -0.2) is 37.6 Å². The maximum atomic E-state index is 3.41. The normalized spacial score (nSPS) is 34.5. The smallest absolute Gasteiger partial charge is 0.0107 e. The third kappa shape index (κ3) is 2.48. The van der Waals surface area contributed by atoms with Crippen molar-refractivity contribution >= 4 is 0 Å². The summed E-state index contributed by atoms with van der Waals surface area (Å²) >= 11 is 0. The molecule has 0 aromatic heterocycles. The summed E-state index contributed by atoms with van der Waals surface area (Å²) < 4.78 is 0. The molecule has 0 radical (unpaired) electrons. The van der Waals surface area contributed by atoms with Gasteiger partial charge in [-0.3, -0.25) is 0 Å². The summed E-state index contributed by atoms with van der Waals surface area (Å²) in [7, 11) is 0. The molecule has 1 N–H and O–H groups in total. The van der Waals surface area contributed by atoms with Crippen LogP contribution in [0.3, 0.4) is 0 Å². The molecule has 0 unspecified atom stereocenters. The lowest BCUT2D eigenvalue weighted by Gasteiger charge is -2.41. The molecule has 0 bridgehead atoms. The van der Waals surface area contributed by atoms with Gasteiger partial charge in [-0.25, -0.2) is 0 Å². The van der Waals surface area contributed by atoms with E-state index in [-0.39, 0.29) is 0 Å². The molecule has 0 spiro atoms. The van der Waals surface area contributed by atoms with Gasteiger partial charge in [-0.05, 0) is 30.6 Å². The number of rotatable bonds is 3. The Morgan fingerprint density at radius 3 is 2.43 bits per heavy atom. The van der Waals surface area contributed by atoms with E-state index < -0.39 is 0 Å². The topological polar surface area (TPSA) is 15.3 Å². The van der Waals surface area contributed by atoms with E-state index in [0.717, 1.165) is 17.8 Å². The second kappa shape index (κ2) is 4.63. The van der Waals surface area contributed by atoms with Gasteiger partial charge in [0.05, 0.1) is 0 Å². The van der Waals surface area contributed by atoms with Crippen molar-refractivity contribution in [3.8, 4) is 0 Å². The highest BCUT2D eigenvalue weighted by atomic mass is 15.2. The third-order valence-corrected chi connectivity index (χ3v) is 3.94. The highest BCUT2D eigenvalue weighted by molar-refractivity contribution is 4.84. The van der Waals surface area contributed by atoms with Gasteiger partial charge in [0.2, 0.25) is 0 Å². The lowest BCUT2D eigenvalue weighted by atomic mass is 9.69. The van der Waals surface area contributed by atoms with Crippen LogP contribution in [0.25, 0.3) is 0 Å². The van der Waals surface area contributed by atoms with Gasteiger partial charge in [0, 0.05) is 32.7 Å². The highest BCUT2D eigenvalue weighted by Crippen LogP contribution is 2.38. The monoisotopic (exact) mass is 196 g/mol. The number of nitrogens with zero attached hydrogens (tertiary/aromatic N) is 1. The Morgan fingerprint density at radius 1 is 1.21 bits per heavy atom. The fourth-order valence-electron chi connectivity index (χ4n) is 2.74. The quantitative estimate of drug-likeness (QED) is 0.737. The minimum Gasteiger partial charge on any atom is -0.314 e. The number of nitrogens with one attached hydrogen (secondary N) is 1. The molecule has 14 heavy (non-hydrogen) atoms.